The number of rotatable bonds is 6. The van der Waals surface area contributed by atoms with Crippen molar-refractivity contribution in [1.82, 2.24) is 10.3 Å². The van der Waals surface area contributed by atoms with Gasteiger partial charge in [0.1, 0.15) is 0 Å². The van der Waals surface area contributed by atoms with Gasteiger partial charge in [-0.15, -0.1) is 11.3 Å². The van der Waals surface area contributed by atoms with Gasteiger partial charge in [0.2, 0.25) is 0 Å². The number of hydrogen-bond donors (Lipinski definition) is 1. The topological polar surface area (TPSA) is 28.2 Å². The molecule has 1 heterocycles. The summed E-state index contributed by atoms with van der Waals surface area (Å²) in [5.41, 5.74) is 1.21. The zero-order valence-corrected chi connectivity index (χ0v) is 12.9. The van der Waals surface area contributed by atoms with Crippen molar-refractivity contribution in [2.75, 3.05) is 18.5 Å². The van der Waals surface area contributed by atoms with E-state index < -0.39 is 0 Å². The quantitative estimate of drug-likeness (QED) is 0.866. The standard InChI is InChI=1S/C15H25N3S/c1-11-14(9-16-13-7-8-13)19-15(17-11)18(2)10-12-5-3-4-6-12/h12-13,16H,3-10H2,1-2H3. The van der Waals surface area contributed by atoms with E-state index in [1.165, 1.54) is 60.8 Å². The summed E-state index contributed by atoms with van der Waals surface area (Å²) in [4.78, 5) is 8.54. The van der Waals surface area contributed by atoms with Crippen molar-refractivity contribution in [3.05, 3.63) is 10.6 Å². The van der Waals surface area contributed by atoms with E-state index in [1.807, 2.05) is 11.3 Å². The molecule has 0 atom stereocenters. The molecular formula is C15H25N3S. The number of aryl methyl sites for hydroxylation is 1. The predicted octanol–water partition coefficient (Wildman–Crippen LogP) is 3.33. The van der Waals surface area contributed by atoms with Gasteiger partial charge in [0.05, 0.1) is 5.69 Å². The lowest BCUT2D eigenvalue weighted by Crippen LogP contribution is -2.23. The third-order valence-corrected chi connectivity index (χ3v) is 5.62. The van der Waals surface area contributed by atoms with Crippen molar-refractivity contribution in [2.45, 2.75) is 58.0 Å². The van der Waals surface area contributed by atoms with E-state index in [4.69, 9.17) is 4.98 Å². The Balaban J connectivity index is 1.57. The molecule has 1 aromatic rings. The summed E-state index contributed by atoms with van der Waals surface area (Å²) in [6, 6.07) is 0.779. The maximum atomic E-state index is 4.76. The number of thiazole rings is 1. The molecule has 0 radical (unpaired) electrons. The fourth-order valence-electron chi connectivity index (χ4n) is 2.92. The summed E-state index contributed by atoms with van der Waals surface area (Å²) in [5.74, 6) is 0.891. The zero-order valence-electron chi connectivity index (χ0n) is 12.1. The van der Waals surface area contributed by atoms with Gasteiger partial charge in [0.15, 0.2) is 5.13 Å². The van der Waals surface area contributed by atoms with Crippen LogP contribution in [0.2, 0.25) is 0 Å². The maximum absolute atomic E-state index is 4.76. The van der Waals surface area contributed by atoms with Crippen molar-refractivity contribution in [1.29, 1.82) is 0 Å². The SMILES string of the molecule is Cc1nc(N(C)CC2CCCC2)sc1CNC1CC1. The first-order chi connectivity index (χ1) is 9.22. The van der Waals surface area contributed by atoms with E-state index in [2.05, 4.69) is 24.2 Å². The maximum Gasteiger partial charge on any atom is 0.185 e. The number of anilines is 1. The van der Waals surface area contributed by atoms with Gasteiger partial charge in [-0.1, -0.05) is 12.8 Å². The summed E-state index contributed by atoms with van der Waals surface area (Å²) in [5, 5.41) is 4.80. The second-order valence-corrected chi connectivity index (χ2v) is 7.25. The van der Waals surface area contributed by atoms with E-state index in [9.17, 15) is 0 Å². The van der Waals surface area contributed by atoms with Crippen molar-refractivity contribution in [2.24, 2.45) is 5.92 Å². The zero-order chi connectivity index (χ0) is 13.2. The van der Waals surface area contributed by atoms with Crippen LogP contribution in [0.15, 0.2) is 0 Å². The summed E-state index contributed by atoms with van der Waals surface area (Å²) in [6.07, 6.45) is 8.37. The molecule has 19 heavy (non-hydrogen) atoms. The van der Waals surface area contributed by atoms with Crippen molar-refractivity contribution < 1.29 is 0 Å². The Hall–Kier alpha value is -0.610. The van der Waals surface area contributed by atoms with E-state index in [-0.39, 0.29) is 0 Å². The minimum absolute atomic E-state index is 0.779. The van der Waals surface area contributed by atoms with Crippen LogP contribution in [0.3, 0.4) is 0 Å². The molecule has 3 nitrogen and oxygen atoms in total. The second-order valence-electron chi connectivity index (χ2n) is 6.19. The van der Waals surface area contributed by atoms with Crippen LogP contribution in [0.25, 0.3) is 0 Å². The Morgan fingerprint density at radius 3 is 2.68 bits per heavy atom. The predicted molar refractivity (Wildman–Crippen MR) is 81.9 cm³/mol. The molecule has 0 amide bonds. The summed E-state index contributed by atoms with van der Waals surface area (Å²) in [6.45, 7) is 4.33. The molecular weight excluding hydrogens is 254 g/mol. The van der Waals surface area contributed by atoms with Gasteiger partial charge >= 0.3 is 0 Å². The lowest BCUT2D eigenvalue weighted by molar-refractivity contribution is 0.546. The van der Waals surface area contributed by atoms with Crippen LogP contribution in [0.1, 0.15) is 49.1 Å². The van der Waals surface area contributed by atoms with Gasteiger partial charge in [0.25, 0.3) is 0 Å². The molecule has 0 saturated heterocycles. The molecule has 106 valence electrons. The summed E-state index contributed by atoms with van der Waals surface area (Å²) < 4.78 is 0. The normalized spacial score (nSPS) is 20.1. The van der Waals surface area contributed by atoms with E-state index in [0.717, 1.165) is 18.5 Å². The molecule has 0 unspecified atom stereocenters. The monoisotopic (exact) mass is 279 g/mol. The van der Waals surface area contributed by atoms with Crippen molar-refractivity contribution in [3.8, 4) is 0 Å². The molecule has 4 heteroatoms. The molecule has 1 aromatic heterocycles. The van der Waals surface area contributed by atoms with Gasteiger partial charge in [-0.25, -0.2) is 4.98 Å². The smallest absolute Gasteiger partial charge is 0.185 e. The highest BCUT2D eigenvalue weighted by Crippen LogP contribution is 2.30. The minimum atomic E-state index is 0.779. The Labute approximate surface area is 120 Å². The van der Waals surface area contributed by atoms with Crippen LogP contribution in [-0.2, 0) is 6.54 Å². The molecule has 2 aliphatic rings. The Morgan fingerprint density at radius 2 is 2.00 bits per heavy atom. The number of nitrogens with one attached hydrogen (secondary N) is 1. The van der Waals surface area contributed by atoms with Gasteiger partial charge in [-0.3, -0.25) is 0 Å². The van der Waals surface area contributed by atoms with E-state index in [1.54, 1.807) is 0 Å². The summed E-state index contributed by atoms with van der Waals surface area (Å²) in [7, 11) is 2.20. The number of hydrogen-bond acceptors (Lipinski definition) is 4. The fourth-order valence-corrected chi connectivity index (χ4v) is 3.90. The number of aromatic nitrogens is 1. The lowest BCUT2D eigenvalue weighted by atomic mass is 10.1. The van der Waals surface area contributed by atoms with Crippen LogP contribution in [0.5, 0.6) is 0 Å². The molecule has 2 aliphatic carbocycles. The molecule has 0 spiro atoms. The highest BCUT2D eigenvalue weighted by Gasteiger charge is 2.22. The van der Waals surface area contributed by atoms with E-state index in [0.29, 0.717) is 0 Å². The Bertz CT molecular complexity index is 419. The average Bonchev–Trinajstić information content (AvgIpc) is 2.93. The molecule has 3 rings (SSSR count). The summed E-state index contributed by atoms with van der Waals surface area (Å²) >= 11 is 1.87. The molecule has 0 aliphatic heterocycles. The Kier molecular flexibility index (Phi) is 4.08. The largest absolute Gasteiger partial charge is 0.351 e. The van der Waals surface area contributed by atoms with Gasteiger partial charge in [-0.2, -0.15) is 0 Å². The van der Waals surface area contributed by atoms with Crippen molar-refractivity contribution in [3.63, 3.8) is 0 Å². The van der Waals surface area contributed by atoms with Crippen LogP contribution in [0.4, 0.5) is 5.13 Å². The van der Waals surface area contributed by atoms with Gasteiger partial charge < -0.3 is 10.2 Å². The van der Waals surface area contributed by atoms with Crippen LogP contribution in [0, 0.1) is 12.8 Å². The second kappa shape index (κ2) is 5.80. The lowest BCUT2D eigenvalue weighted by Gasteiger charge is -2.19. The Morgan fingerprint density at radius 1 is 1.26 bits per heavy atom. The molecule has 0 aromatic carbocycles. The third-order valence-electron chi connectivity index (χ3n) is 4.34. The third kappa shape index (κ3) is 3.48. The molecule has 2 fully saturated rings. The fraction of sp³-hybridized carbons (Fsp3) is 0.800. The highest BCUT2D eigenvalue weighted by molar-refractivity contribution is 7.15. The van der Waals surface area contributed by atoms with Crippen LogP contribution < -0.4 is 10.2 Å². The van der Waals surface area contributed by atoms with Gasteiger partial charge in [0, 0.05) is 31.1 Å². The van der Waals surface area contributed by atoms with E-state index >= 15 is 0 Å². The minimum Gasteiger partial charge on any atom is -0.351 e. The first-order valence-corrected chi connectivity index (χ1v) is 8.45. The molecule has 0 bridgehead atoms. The highest BCUT2D eigenvalue weighted by atomic mass is 32.1. The first-order valence-electron chi connectivity index (χ1n) is 7.63. The van der Waals surface area contributed by atoms with Crippen LogP contribution >= 0.6 is 11.3 Å². The number of nitrogens with zero attached hydrogens (tertiary/aromatic N) is 2. The van der Waals surface area contributed by atoms with Crippen LogP contribution in [-0.4, -0.2) is 24.6 Å². The van der Waals surface area contributed by atoms with Gasteiger partial charge in [-0.05, 0) is 38.5 Å². The molecule has 2 saturated carbocycles. The average molecular weight is 279 g/mol. The first kappa shape index (κ1) is 13.4. The van der Waals surface area contributed by atoms with Crippen molar-refractivity contribution >= 4 is 16.5 Å². The molecule has 1 N–H and O–H groups in total.